The van der Waals surface area contributed by atoms with Crippen LogP contribution in [0.25, 0.3) is 0 Å². The van der Waals surface area contributed by atoms with Gasteiger partial charge in [0, 0.05) is 5.56 Å². The maximum absolute atomic E-state index is 6.21. The normalized spacial score (nSPS) is 15.7. The molecule has 1 atom stereocenters. The topological polar surface area (TPSA) is 9.23 Å². The van der Waals surface area contributed by atoms with Gasteiger partial charge in [0.1, 0.15) is 5.75 Å². The Bertz CT molecular complexity index is 611. The second-order valence-corrected chi connectivity index (χ2v) is 7.66. The van der Waals surface area contributed by atoms with Crippen molar-refractivity contribution in [2.24, 2.45) is 0 Å². The van der Waals surface area contributed by atoms with Gasteiger partial charge in [-0.2, -0.15) is 0 Å². The average Bonchev–Trinajstić information content (AvgIpc) is 2.76. The number of benzene rings is 1. The van der Waals surface area contributed by atoms with Crippen LogP contribution in [0.2, 0.25) is 8.67 Å². The largest absolute Gasteiger partial charge is 0.493 e. The summed E-state index contributed by atoms with van der Waals surface area (Å²) in [4.78, 5) is 0.0657. The third-order valence-corrected chi connectivity index (χ3v) is 5.72. The van der Waals surface area contributed by atoms with E-state index in [1.165, 1.54) is 22.5 Å². The van der Waals surface area contributed by atoms with E-state index in [1.54, 1.807) is 0 Å². The zero-order valence-corrected chi connectivity index (χ0v) is 13.9. The Labute approximate surface area is 134 Å². The van der Waals surface area contributed by atoms with Crippen LogP contribution in [-0.2, 0) is 6.42 Å². The molecular formula is C14H11BrCl2OS. The van der Waals surface area contributed by atoms with Gasteiger partial charge in [-0.1, -0.05) is 51.3 Å². The van der Waals surface area contributed by atoms with Crippen LogP contribution in [0.3, 0.4) is 0 Å². The molecule has 0 radical (unpaired) electrons. The van der Waals surface area contributed by atoms with Crippen molar-refractivity contribution >= 4 is 50.5 Å². The maximum Gasteiger partial charge on any atom is 0.122 e. The molecule has 1 aliphatic heterocycles. The van der Waals surface area contributed by atoms with E-state index in [0.717, 1.165) is 35.1 Å². The molecule has 1 unspecified atom stereocenters. The lowest BCUT2D eigenvalue weighted by Crippen LogP contribution is -2.08. The molecular weight excluding hydrogens is 367 g/mol. The van der Waals surface area contributed by atoms with Gasteiger partial charge in [-0.15, -0.1) is 11.3 Å². The van der Waals surface area contributed by atoms with Gasteiger partial charge in [-0.25, -0.2) is 0 Å². The summed E-state index contributed by atoms with van der Waals surface area (Å²) < 4.78 is 7.08. The standard InChI is InChI=1S/C14H11BrCl2OS/c15-13(10-7-12(16)19-14(10)17)9-3-4-11-8(6-9)2-1-5-18-11/h3-4,6-7,13H,1-2,5H2. The molecule has 0 bridgehead atoms. The molecule has 3 rings (SSSR count). The molecule has 0 spiro atoms. The second kappa shape index (κ2) is 5.65. The number of alkyl halides is 1. The van der Waals surface area contributed by atoms with Crippen molar-refractivity contribution in [3.63, 3.8) is 0 Å². The molecule has 0 amide bonds. The van der Waals surface area contributed by atoms with Crippen molar-refractivity contribution in [1.29, 1.82) is 0 Å². The minimum absolute atomic E-state index is 0.0657. The molecule has 1 aromatic heterocycles. The summed E-state index contributed by atoms with van der Waals surface area (Å²) in [6, 6.07) is 8.23. The van der Waals surface area contributed by atoms with E-state index in [2.05, 4.69) is 28.1 Å². The highest BCUT2D eigenvalue weighted by molar-refractivity contribution is 9.09. The van der Waals surface area contributed by atoms with Gasteiger partial charge in [0.15, 0.2) is 0 Å². The zero-order chi connectivity index (χ0) is 13.4. The molecule has 1 aliphatic rings. The van der Waals surface area contributed by atoms with E-state index in [4.69, 9.17) is 27.9 Å². The summed E-state index contributed by atoms with van der Waals surface area (Å²) in [6.07, 6.45) is 2.15. The highest BCUT2D eigenvalue weighted by Gasteiger charge is 2.19. The van der Waals surface area contributed by atoms with Crippen LogP contribution in [0.15, 0.2) is 24.3 Å². The molecule has 1 nitrogen and oxygen atoms in total. The molecule has 19 heavy (non-hydrogen) atoms. The quantitative estimate of drug-likeness (QED) is 0.595. The molecule has 0 fully saturated rings. The molecule has 0 aliphatic carbocycles. The smallest absolute Gasteiger partial charge is 0.122 e. The van der Waals surface area contributed by atoms with Crippen LogP contribution in [0.1, 0.15) is 27.9 Å². The van der Waals surface area contributed by atoms with Gasteiger partial charge >= 0.3 is 0 Å². The Hall–Kier alpha value is -0.220. The molecule has 1 aromatic carbocycles. The average molecular weight is 378 g/mol. The summed E-state index contributed by atoms with van der Waals surface area (Å²) in [5.74, 6) is 1.00. The first-order valence-electron chi connectivity index (χ1n) is 5.99. The number of hydrogen-bond acceptors (Lipinski definition) is 2. The Balaban J connectivity index is 1.95. The molecule has 2 aromatic rings. The fourth-order valence-corrected chi connectivity index (χ4v) is 4.70. The van der Waals surface area contributed by atoms with E-state index in [0.29, 0.717) is 4.34 Å². The van der Waals surface area contributed by atoms with Crippen LogP contribution in [0.5, 0.6) is 5.75 Å². The number of halogens is 3. The maximum atomic E-state index is 6.21. The fourth-order valence-electron chi connectivity index (χ4n) is 2.24. The number of rotatable bonds is 2. The lowest BCUT2D eigenvalue weighted by atomic mass is 10.00. The van der Waals surface area contributed by atoms with E-state index in [1.807, 2.05) is 12.1 Å². The Kier molecular flexibility index (Phi) is 4.08. The van der Waals surface area contributed by atoms with Crippen molar-refractivity contribution in [2.75, 3.05) is 6.61 Å². The number of hydrogen-bond donors (Lipinski definition) is 0. The van der Waals surface area contributed by atoms with Crippen LogP contribution in [0, 0.1) is 0 Å². The summed E-state index contributed by atoms with van der Waals surface area (Å²) >= 11 is 17.3. The second-order valence-electron chi connectivity index (χ2n) is 4.46. The van der Waals surface area contributed by atoms with Gasteiger partial charge in [-0.3, -0.25) is 0 Å². The summed E-state index contributed by atoms with van der Waals surface area (Å²) in [5.41, 5.74) is 3.47. The number of aryl methyl sites for hydroxylation is 1. The minimum atomic E-state index is 0.0657. The van der Waals surface area contributed by atoms with Crippen molar-refractivity contribution in [3.8, 4) is 5.75 Å². The third kappa shape index (κ3) is 2.80. The highest BCUT2D eigenvalue weighted by atomic mass is 79.9. The van der Waals surface area contributed by atoms with Crippen LogP contribution in [-0.4, -0.2) is 6.61 Å². The first kappa shape index (κ1) is 13.7. The van der Waals surface area contributed by atoms with Crippen molar-refractivity contribution < 1.29 is 4.74 Å². The van der Waals surface area contributed by atoms with Crippen LogP contribution in [0.4, 0.5) is 0 Å². The summed E-state index contributed by atoms with van der Waals surface area (Å²) in [6.45, 7) is 0.816. The van der Waals surface area contributed by atoms with E-state index in [-0.39, 0.29) is 4.83 Å². The molecule has 5 heteroatoms. The predicted octanol–water partition coefficient (Wildman–Crippen LogP) is 5.86. The zero-order valence-electron chi connectivity index (χ0n) is 9.96. The molecule has 0 saturated carbocycles. The summed E-state index contributed by atoms with van der Waals surface area (Å²) in [7, 11) is 0. The van der Waals surface area contributed by atoms with E-state index < -0.39 is 0 Å². The molecule has 0 saturated heterocycles. The Morgan fingerprint density at radius 3 is 2.84 bits per heavy atom. The summed E-state index contributed by atoms with van der Waals surface area (Å²) in [5, 5.41) is 0. The first-order chi connectivity index (χ1) is 9.15. The first-order valence-corrected chi connectivity index (χ1v) is 8.48. The van der Waals surface area contributed by atoms with Crippen molar-refractivity contribution in [1.82, 2.24) is 0 Å². The van der Waals surface area contributed by atoms with E-state index in [9.17, 15) is 0 Å². The highest BCUT2D eigenvalue weighted by Crippen LogP contribution is 2.42. The fraction of sp³-hybridized carbons (Fsp3) is 0.286. The van der Waals surface area contributed by atoms with Gasteiger partial charge in [0.05, 0.1) is 20.1 Å². The van der Waals surface area contributed by atoms with Crippen LogP contribution < -0.4 is 4.74 Å². The van der Waals surface area contributed by atoms with Gasteiger partial charge < -0.3 is 4.74 Å². The predicted molar refractivity (Wildman–Crippen MR) is 85.4 cm³/mol. The van der Waals surface area contributed by atoms with E-state index >= 15 is 0 Å². The Morgan fingerprint density at radius 1 is 1.26 bits per heavy atom. The monoisotopic (exact) mass is 376 g/mol. The van der Waals surface area contributed by atoms with Gasteiger partial charge in [0.25, 0.3) is 0 Å². The molecule has 0 N–H and O–H groups in total. The van der Waals surface area contributed by atoms with Gasteiger partial charge in [0.2, 0.25) is 0 Å². The lowest BCUT2D eigenvalue weighted by molar-refractivity contribution is 0.288. The molecule has 100 valence electrons. The van der Waals surface area contributed by atoms with Crippen molar-refractivity contribution in [3.05, 3.63) is 49.6 Å². The number of fused-ring (bicyclic) bond motifs is 1. The Morgan fingerprint density at radius 2 is 2.11 bits per heavy atom. The molecule has 2 heterocycles. The SMILES string of the molecule is Clc1cc(C(Br)c2ccc3c(c2)CCCO3)c(Cl)s1. The number of thiophene rings is 1. The van der Waals surface area contributed by atoms with Crippen molar-refractivity contribution in [2.45, 2.75) is 17.7 Å². The minimum Gasteiger partial charge on any atom is -0.493 e. The third-order valence-electron chi connectivity index (χ3n) is 3.18. The van der Waals surface area contributed by atoms with Gasteiger partial charge in [-0.05, 0) is 36.1 Å². The number of ether oxygens (including phenoxy) is 1. The lowest BCUT2D eigenvalue weighted by Gasteiger charge is -2.19. The van der Waals surface area contributed by atoms with Crippen LogP contribution >= 0.6 is 50.5 Å².